The van der Waals surface area contributed by atoms with E-state index in [1.165, 1.54) is 12.1 Å². The van der Waals surface area contributed by atoms with Crippen LogP contribution in [0.15, 0.2) is 42.7 Å². The van der Waals surface area contributed by atoms with Crippen molar-refractivity contribution in [1.29, 1.82) is 0 Å². The van der Waals surface area contributed by atoms with Crippen LogP contribution in [-0.2, 0) is 12.0 Å². The molecule has 1 heterocycles. The highest BCUT2D eigenvalue weighted by Crippen LogP contribution is 2.46. The first-order chi connectivity index (χ1) is 11.5. The molecule has 6 heteroatoms. The summed E-state index contributed by atoms with van der Waals surface area (Å²) in [6.45, 7) is 0. The maximum Gasteiger partial charge on any atom is 0.409 e. The van der Waals surface area contributed by atoms with E-state index in [1.807, 2.05) is 12.1 Å². The van der Waals surface area contributed by atoms with Crippen LogP contribution in [-0.4, -0.2) is 16.2 Å². The van der Waals surface area contributed by atoms with Gasteiger partial charge >= 0.3 is 6.09 Å². The maximum atomic E-state index is 13.6. The molecule has 1 atom stereocenters. The number of rotatable bonds is 6. The van der Waals surface area contributed by atoms with Crippen molar-refractivity contribution in [1.82, 2.24) is 4.98 Å². The molecule has 126 valence electrons. The molecule has 0 spiro atoms. The zero-order valence-electron chi connectivity index (χ0n) is 13.2. The molecule has 0 radical (unpaired) electrons. The van der Waals surface area contributed by atoms with Crippen molar-refractivity contribution < 1.29 is 14.3 Å². The third-order valence-electron chi connectivity index (χ3n) is 4.62. The number of aromatic nitrogens is 1. The van der Waals surface area contributed by atoms with E-state index in [9.17, 15) is 9.18 Å². The number of aryl methyl sites for hydroxylation is 1. The second kappa shape index (κ2) is 6.57. The van der Waals surface area contributed by atoms with Crippen molar-refractivity contribution in [2.45, 2.75) is 31.2 Å². The summed E-state index contributed by atoms with van der Waals surface area (Å²) in [7, 11) is 0. The van der Waals surface area contributed by atoms with Gasteiger partial charge in [-0.2, -0.15) is 0 Å². The molecule has 1 aromatic heterocycles. The number of hydrogen-bond donors (Lipinski definition) is 3. The topological polar surface area (TPSA) is 88.2 Å². The fraction of sp³-hybridized carbons (Fsp3) is 0.333. The van der Waals surface area contributed by atoms with Crippen LogP contribution in [0.4, 0.5) is 14.9 Å². The summed E-state index contributed by atoms with van der Waals surface area (Å²) in [6, 6.07) is 8.37. The predicted octanol–water partition coefficient (Wildman–Crippen LogP) is 3.51. The van der Waals surface area contributed by atoms with Crippen molar-refractivity contribution in [2.24, 2.45) is 11.7 Å². The molecular weight excluding hydrogens is 309 g/mol. The van der Waals surface area contributed by atoms with E-state index >= 15 is 0 Å². The number of amides is 1. The lowest BCUT2D eigenvalue weighted by molar-refractivity contribution is 0.209. The highest BCUT2D eigenvalue weighted by Gasteiger charge is 2.42. The van der Waals surface area contributed by atoms with Crippen LogP contribution in [0.3, 0.4) is 0 Å². The summed E-state index contributed by atoms with van der Waals surface area (Å²) in [5, 5.41) is 10.8. The number of nitrogens with zero attached hydrogens (tertiary/aromatic N) is 1. The van der Waals surface area contributed by atoms with Gasteiger partial charge in [0.2, 0.25) is 0 Å². The molecule has 24 heavy (non-hydrogen) atoms. The number of halogens is 1. The molecule has 0 saturated heterocycles. The van der Waals surface area contributed by atoms with Gasteiger partial charge in [-0.1, -0.05) is 6.07 Å². The highest BCUT2D eigenvalue weighted by molar-refractivity contribution is 5.83. The van der Waals surface area contributed by atoms with Crippen LogP contribution < -0.4 is 11.1 Å². The molecule has 1 aliphatic rings. The second-order valence-corrected chi connectivity index (χ2v) is 6.29. The zero-order chi connectivity index (χ0) is 17.2. The summed E-state index contributed by atoms with van der Waals surface area (Å²) >= 11 is 0. The monoisotopic (exact) mass is 329 g/mol. The van der Waals surface area contributed by atoms with Crippen molar-refractivity contribution in [3.8, 4) is 0 Å². The molecular formula is C18H20FN3O2. The van der Waals surface area contributed by atoms with E-state index in [-0.39, 0.29) is 5.69 Å². The van der Waals surface area contributed by atoms with Gasteiger partial charge in [0.25, 0.3) is 0 Å². The second-order valence-electron chi connectivity index (χ2n) is 6.29. The van der Waals surface area contributed by atoms with Gasteiger partial charge in [0.05, 0.1) is 5.69 Å². The largest absolute Gasteiger partial charge is 0.465 e. The van der Waals surface area contributed by atoms with Gasteiger partial charge in [-0.05, 0) is 67.0 Å². The van der Waals surface area contributed by atoms with Crippen LogP contribution in [0, 0.1) is 11.7 Å². The SMILES string of the molecule is NC(CCc1ccc(F)c(NC(=O)O)c1)(c1ccncc1)C1CC1. The van der Waals surface area contributed by atoms with Crippen molar-refractivity contribution in [3.05, 3.63) is 59.7 Å². The molecule has 4 N–H and O–H groups in total. The quantitative estimate of drug-likeness (QED) is 0.757. The van der Waals surface area contributed by atoms with Crippen LogP contribution in [0.5, 0.6) is 0 Å². The Morgan fingerprint density at radius 2 is 2.04 bits per heavy atom. The molecule has 3 rings (SSSR count). The Bertz CT molecular complexity index is 734. The van der Waals surface area contributed by atoms with Crippen molar-refractivity contribution >= 4 is 11.8 Å². The molecule has 1 fully saturated rings. The highest BCUT2D eigenvalue weighted by atomic mass is 19.1. The molecule has 0 bridgehead atoms. The van der Waals surface area contributed by atoms with Crippen LogP contribution in [0.25, 0.3) is 0 Å². The number of hydrogen-bond acceptors (Lipinski definition) is 3. The molecule has 1 aromatic carbocycles. The molecule has 1 aliphatic carbocycles. The lowest BCUT2D eigenvalue weighted by atomic mass is 9.81. The molecule has 1 unspecified atom stereocenters. The summed E-state index contributed by atoms with van der Waals surface area (Å²) in [6.07, 6.45) is 5.76. The summed E-state index contributed by atoms with van der Waals surface area (Å²) in [5.41, 5.74) is 8.16. The Morgan fingerprint density at radius 3 is 2.67 bits per heavy atom. The number of anilines is 1. The molecule has 1 saturated carbocycles. The fourth-order valence-corrected chi connectivity index (χ4v) is 3.13. The van der Waals surface area contributed by atoms with E-state index in [0.717, 1.165) is 24.0 Å². The van der Waals surface area contributed by atoms with Crippen molar-refractivity contribution in [3.63, 3.8) is 0 Å². The summed E-state index contributed by atoms with van der Waals surface area (Å²) in [5.74, 6) is -0.145. The van der Waals surface area contributed by atoms with E-state index in [4.69, 9.17) is 10.8 Å². The number of nitrogens with two attached hydrogens (primary N) is 1. The summed E-state index contributed by atoms with van der Waals surface area (Å²) in [4.78, 5) is 14.8. The number of pyridine rings is 1. The third kappa shape index (κ3) is 3.54. The maximum absolute atomic E-state index is 13.6. The number of carbonyl (C=O) groups is 1. The van der Waals surface area contributed by atoms with Gasteiger partial charge in [0, 0.05) is 17.9 Å². The number of carboxylic acid groups (broad SMARTS) is 1. The standard InChI is InChI=1S/C18H20FN3O2/c19-15-4-1-12(11-16(15)22-17(23)24)5-8-18(20,13-2-3-13)14-6-9-21-10-7-14/h1,4,6-7,9-11,13,22H,2-3,5,8,20H2,(H,23,24). The Labute approximate surface area is 139 Å². The lowest BCUT2D eigenvalue weighted by Gasteiger charge is -2.30. The summed E-state index contributed by atoms with van der Waals surface area (Å²) < 4.78 is 13.6. The van der Waals surface area contributed by atoms with Gasteiger partial charge in [-0.15, -0.1) is 0 Å². The lowest BCUT2D eigenvalue weighted by Crippen LogP contribution is -2.39. The number of nitrogens with one attached hydrogen (secondary N) is 1. The first kappa shape index (κ1) is 16.4. The van der Waals surface area contributed by atoms with E-state index in [2.05, 4.69) is 10.3 Å². The molecule has 1 amide bonds. The first-order valence-corrected chi connectivity index (χ1v) is 7.97. The van der Waals surface area contributed by atoms with Gasteiger partial charge < -0.3 is 10.8 Å². The average Bonchev–Trinajstić information content (AvgIpc) is 3.41. The minimum absolute atomic E-state index is 0.0297. The minimum atomic E-state index is -1.28. The van der Waals surface area contributed by atoms with Gasteiger partial charge in [-0.3, -0.25) is 10.3 Å². The van der Waals surface area contributed by atoms with Crippen LogP contribution in [0.2, 0.25) is 0 Å². The van der Waals surface area contributed by atoms with Crippen molar-refractivity contribution in [2.75, 3.05) is 5.32 Å². The Kier molecular flexibility index (Phi) is 4.49. The predicted molar refractivity (Wildman–Crippen MR) is 89.2 cm³/mol. The van der Waals surface area contributed by atoms with E-state index in [0.29, 0.717) is 18.8 Å². The van der Waals surface area contributed by atoms with Gasteiger partial charge in [0.15, 0.2) is 0 Å². The average molecular weight is 329 g/mol. The number of benzene rings is 1. The smallest absolute Gasteiger partial charge is 0.409 e. The van der Waals surface area contributed by atoms with Crippen LogP contribution >= 0.6 is 0 Å². The first-order valence-electron chi connectivity index (χ1n) is 7.97. The Balaban J connectivity index is 1.77. The fourth-order valence-electron chi connectivity index (χ4n) is 3.13. The molecule has 0 aliphatic heterocycles. The Morgan fingerprint density at radius 1 is 1.33 bits per heavy atom. The van der Waals surface area contributed by atoms with Gasteiger partial charge in [-0.25, -0.2) is 9.18 Å². The zero-order valence-corrected chi connectivity index (χ0v) is 13.2. The van der Waals surface area contributed by atoms with E-state index < -0.39 is 17.4 Å². The minimum Gasteiger partial charge on any atom is -0.465 e. The van der Waals surface area contributed by atoms with Gasteiger partial charge in [0.1, 0.15) is 5.82 Å². The molecule has 5 nitrogen and oxygen atoms in total. The molecule has 2 aromatic rings. The van der Waals surface area contributed by atoms with Crippen LogP contribution in [0.1, 0.15) is 30.4 Å². The Hall–Kier alpha value is -2.47. The van der Waals surface area contributed by atoms with E-state index in [1.54, 1.807) is 18.5 Å². The normalized spacial score (nSPS) is 16.4. The third-order valence-corrected chi connectivity index (χ3v) is 4.62.